The van der Waals surface area contributed by atoms with Gasteiger partial charge in [-0.05, 0) is 36.4 Å². The molecule has 0 saturated carbocycles. The van der Waals surface area contributed by atoms with Gasteiger partial charge >= 0.3 is 0 Å². The first-order valence-corrected chi connectivity index (χ1v) is 5.43. The molecule has 2 rings (SSSR count). The van der Waals surface area contributed by atoms with Gasteiger partial charge in [-0.1, -0.05) is 17.8 Å². The lowest BCUT2D eigenvalue weighted by molar-refractivity contribution is 0.414. The minimum Gasteiger partial charge on any atom is -0.497 e. The van der Waals surface area contributed by atoms with Crippen molar-refractivity contribution < 1.29 is 4.74 Å². The van der Waals surface area contributed by atoms with Crippen LogP contribution in [0.2, 0.25) is 0 Å². The standard InChI is InChI=1S/C12H11NOS/c1-14-10-5-7-11(8-6-10)15-12-4-2-3-9-13-12/h2-9H,1H3. The predicted octanol–water partition coefficient (Wildman–Crippen LogP) is 3.24. The van der Waals surface area contributed by atoms with E-state index >= 15 is 0 Å². The van der Waals surface area contributed by atoms with Crippen LogP contribution in [-0.4, -0.2) is 12.1 Å². The van der Waals surface area contributed by atoms with Crippen molar-refractivity contribution in [1.82, 2.24) is 4.98 Å². The molecule has 76 valence electrons. The molecule has 3 heteroatoms. The lowest BCUT2D eigenvalue weighted by atomic mass is 10.3. The van der Waals surface area contributed by atoms with Gasteiger partial charge < -0.3 is 4.74 Å². The molecule has 1 aromatic carbocycles. The summed E-state index contributed by atoms with van der Waals surface area (Å²) in [5, 5.41) is 1.00. The second-order valence-electron chi connectivity index (χ2n) is 2.95. The molecule has 15 heavy (non-hydrogen) atoms. The predicted molar refractivity (Wildman–Crippen MR) is 61.4 cm³/mol. The molecule has 0 aliphatic carbocycles. The highest BCUT2D eigenvalue weighted by atomic mass is 32.2. The third kappa shape index (κ3) is 2.73. The lowest BCUT2D eigenvalue weighted by Gasteiger charge is -2.02. The van der Waals surface area contributed by atoms with Crippen molar-refractivity contribution in [2.45, 2.75) is 9.92 Å². The molecule has 0 fully saturated rings. The van der Waals surface area contributed by atoms with E-state index in [0.29, 0.717) is 0 Å². The van der Waals surface area contributed by atoms with Gasteiger partial charge in [0.1, 0.15) is 10.8 Å². The fourth-order valence-corrected chi connectivity index (χ4v) is 1.95. The summed E-state index contributed by atoms with van der Waals surface area (Å²) in [5.41, 5.74) is 0. The molecule has 0 radical (unpaired) electrons. The third-order valence-electron chi connectivity index (χ3n) is 1.92. The van der Waals surface area contributed by atoms with Crippen molar-refractivity contribution in [2.24, 2.45) is 0 Å². The van der Waals surface area contributed by atoms with Crippen LogP contribution in [0, 0.1) is 0 Å². The Labute approximate surface area is 93.3 Å². The van der Waals surface area contributed by atoms with Crippen LogP contribution in [-0.2, 0) is 0 Å². The minimum atomic E-state index is 0.875. The number of rotatable bonds is 3. The van der Waals surface area contributed by atoms with Crippen LogP contribution in [0.5, 0.6) is 5.75 Å². The minimum absolute atomic E-state index is 0.875. The Balaban J connectivity index is 2.11. The van der Waals surface area contributed by atoms with Crippen LogP contribution in [0.25, 0.3) is 0 Å². The van der Waals surface area contributed by atoms with E-state index in [4.69, 9.17) is 4.74 Å². The third-order valence-corrected chi connectivity index (χ3v) is 2.88. The van der Waals surface area contributed by atoms with Crippen LogP contribution >= 0.6 is 11.8 Å². The summed E-state index contributed by atoms with van der Waals surface area (Å²) in [4.78, 5) is 5.41. The number of pyridine rings is 1. The van der Waals surface area contributed by atoms with E-state index < -0.39 is 0 Å². The van der Waals surface area contributed by atoms with Gasteiger partial charge in [0.2, 0.25) is 0 Å². The van der Waals surface area contributed by atoms with E-state index in [9.17, 15) is 0 Å². The van der Waals surface area contributed by atoms with E-state index in [1.807, 2.05) is 42.5 Å². The quantitative estimate of drug-likeness (QED) is 0.788. The molecule has 0 unspecified atom stereocenters. The lowest BCUT2D eigenvalue weighted by Crippen LogP contribution is -1.82. The molecule has 1 aromatic heterocycles. The van der Waals surface area contributed by atoms with E-state index in [1.165, 1.54) is 0 Å². The molecule has 0 spiro atoms. The van der Waals surface area contributed by atoms with Gasteiger partial charge in [0, 0.05) is 11.1 Å². The highest BCUT2D eigenvalue weighted by Gasteiger charge is 1.97. The molecule has 2 aromatic rings. The highest BCUT2D eigenvalue weighted by Crippen LogP contribution is 2.26. The maximum Gasteiger partial charge on any atom is 0.118 e. The summed E-state index contributed by atoms with van der Waals surface area (Å²) < 4.78 is 5.09. The molecule has 2 nitrogen and oxygen atoms in total. The van der Waals surface area contributed by atoms with Crippen molar-refractivity contribution in [1.29, 1.82) is 0 Å². The van der Waals surface area contributed by atoms with Gasteiger partial charge in [0.15, 0.2) is 0 Å². The van der Waals surface area contributed by atoms with Crippen molar-refractivity contribution in [3.63, 3.8) is 0 Å². The van der Waals surface area contributed by atoms with E-state index in [1.54, 1.807) is 25.1 Å². The van der Waals surface area contributed by atoms with E-state index in [2.05, 4.69) is 4.98 Å². The Hall–Kier alpha value is -1.48. The number of nitrogens with zero attached hydrogens (tertiary/aromatic N) is 1. The van der Waals surface area contributed by atoms with E-state index in [0.717, 1.165) is 15.7 Å². The fourth-order valence-electron chi connectivity index (χ4n) is 1.17. The van der Waals surface area contributed by atoms with Crippen LogP contribution < -0.4 is 4.74 Å². The normalized spacial score (nSPS) is 9.93. The molecule has 0 aliphatic rings. The summed E-state index contributed by atoms with van der Waals surface area (Å²) in [7, 11) is 1.67. The zero-order valence-electron chi connectivity index (χ0n) is 8.38. The maximum absolute atomic E-state index is 5.09. The Kier molecular flexibility index (Phi) is 3.25. The number of hydrogen-bond acceptors (Lipinski definition) is 3. The summed E-state index contributed by atoms with van der Waals surface area (Å²) in [6.07, 6.45) is 1.80. The monoisotopic (exact) mass is 217 g/mol. The number of ether oxygens (including phenoxy) is 1. The molecule has 1 heterocycles. The van der Waals surface area contributed by atoms with Gasteiger partial charge in [-0.2, -0.15) is 0 Å². The molecule has 0 aliphatic heterocycles. The molecule has 0 atom stereocenters. The number of benzene rings is 1. The molecule has 0 saturated heterocycles. The van der Waals surface area contributed by atoms with Crippen LogP contribution in [0.4, 0.5) is 0 Å². The fraction of sp³-hybridized carbons (Fsp3) is 0.0833. The molecule has 0 bridgehead atoms. The van der Waals surface area contributed by atoms with Gasteiger partial charge in [-0.15, -0.1) is 0 Å². The molecule has 0 N–H and O–H groups in total. The first-order chi connectivity index (χ1) is 7.38. The van der Waals surface area contributed by atoms with Crippen molar-refractivity contribution in [2.75, 3.05) is 7.11 Å². The zero-order chi connectivity index (χ0) is 10.5. The number of hydrogen-bond donors (Lipinski definition) is 0. The van der Waals surface area contributed by atoms with Crippen LogP contribution in [0.3, 0.4) is 0 Å². The topological polar surface area (TPSA) is 22.1 Å². The summed E-state index contributed by atoms with van der Waals surface area (Å²) in [5.74, 6) is 0.875. The van der Waals surface area contributed by atoms with Gasteiger partial charge in [-0.25, -0.2) is 4.98 Å². The summed E-state index contributed by atoms with van der Waals surface area (Å²) >= 11 is 1.64. The number of methoxy groups -OCH3 is 1. The van der Waals surface area contributed by atoms with Gasteiger partial charge in [0.25, 0.3) is 0 Å². The van der Waals surface area contributed by atoms with Crippen molar-refractivity contribution in [3.8, 4) is 5.75 Å². The van der Waals surface area contributed by atoms with Crippen molar-refractivity contribution >= 4 is 11.8 Å². The Bertz CT molecular complexity index is 413. The largest absolute Gasteiger partial charge is 0.497 e. The van der Waals surface area contributed by atoms with Crippen molar-refractivity contribution in [3.05, 3.63) is 48.7 Å². The number of aromatic nitrogens is 1. The Morgan fingerprint density at radius 2 is 1.87 bits per heavy atom. The van der Waals surface area contributed by atoms with Crippen LogP contribution in [0.15, 0.2) is 58.6 Å². The SMILES string of the molecule is COc1ccc(Sc2ccccn2)cc1. The molecule has 0 amide bonds. The van der Waals surface area contributed by atoms with Crippen LogP contribution in [0.1, 0.15) is 0 Å². The molecular formula is C12H11NOS. The first kappa shape index (κ1) is 10.1. The summed E-state index contributed by atoms with van der Waals surface area (Å²) in [6.45, 7) is 0. The second kappa shape index (κ2) is 4.84. The average Bonchev–Trinajstić information content (AvgIpc) is 2.31. The highest BCUT2D eigenvalue weighted by molar-refractivity contribution is 7.99. The Morgan fingerprint density at radius 1 is 1.07 bits per heavy atom. The second-order valence-corrected chi connectivity index (χ2v) is 4.04. The first-order valence-electron chi connectivity index (χ1n) is 4.61. The average molecular weight is 217 g/mol. The smallest absolute Gasteiger partial charge is 0.118 e. The molecular weight excluding hydrogens is 206 g/mol. The zero-order valence-corrected chi connectivity index (χ0v) is 9.20. The van der Waals surface area contributed by atoms with Gasteiger partial charge in [-0.3, -0.25) is 0 Å². The van der Waals surface area contributed by atoms with E-state index in [-0.39, 0.29) is 0 Å². The van der Waals surface area contributed by atoms with Gasteiger partial charge in [0.05, 0.1) is 7.11 Å². The summed E-state index contributed by atoms with van der Waals surface area (Å²) in [6, 6.07) is 13.8. The maximum atomic E-state index is 5.09. The Morgan fingerprint density at radius 3 is 2.47 bits per heavy atom.